The zero-order valence-electron chi connectivity index (χ0n) is 22.9. The highest BCUT2D eigenvalue weighted by atomic mass is 32.2. The summed E-state index contributed by atoms with van der Waals surface area (Å²) in [5.41, 5.74) is 2.60. The molecular weight excluding hydrogens is 498 g/mol. The zero-order chi connectivity index (χ0) is 28.1. The van der Waals surface area contributed by atoms with E-state index in [1.165, 1.54) is 17.0 Å². The number of amides is 2. The van der Waals surface area contributed by atoms with Gasteiger partial charge in [0.1, 0.15) is 12.6 Å². The van der Waals surface area contributed by atoms with Gasteiger partial charge in [0.15, 0.2) is 0 Å². The molecule has 0 aliphatic carbocycles. The van der Waals surface area contributed by atoms with Gasteiger partial charge in [0.25, 0.3) is 10.0 Å². The molecule has 0 unspecified atom stereocenters. The van der Waals surface area contributed by atoms with Gasteiger partial charge in [-0.3, -0.25) is 13.9 Å². The van der Waals surface area contributed by atoms with Crippen LogP contribution in [0.1, 0.15) is 44.4 Å². The molecule has 0 heterocycles. The second-order valence-electron chi connectivity index (χ2n) is 10.6. The van der Waals surface area contributed by atoms with Crippen LogP contribution in [-0.4, -0.2) is 43.3 Å². The van der Waals surface area contributed by atoms with E-state index in [4.69, 9.17) is 0 Å². The van der Waals surface area contributed by atoms with Crippen LogP contribution in [0.25, 0.3) is 0 Å². The van der Waals surface area contributed by atoms with Crippen molar-refractivity contribution in [3.63, 3.8) is 0 Å². The lowest BCUT2D eigenvalue weighted by molar-refractivity contribution is -0.140. The average Bonchev–Trinajstić information content (AvgIpc) is 2.85. The Hall–Kier alpha value is -3.65. The Labute approximate surface area is 226 Å². The van der Waals surface area contributed by atoms with Gasteiger partial charge < -0.3 is 10.2 Å². The van der Waals surface area contributed by atoms with Gasteiger partial charge in [-0.25, -0.2) is 8.42 Å². The second-order valence-corrected chi connectivity index (χ2v) is 12.4. The molecule has 202 valence electrons. The molecule has 3 aromatic rings. The fourth-order valence-corrected chi connectivity index (χ4v) is 5.33. The lowest BCUT2D eigenvalue weighted by Gasteiger charge is -2.33. The molecule has 0 bridgehead atoms. The zero-order valence-corrected chi connectivity index (χ0v) is 23.7. The van der Waals surface area contributed by atoms with Crippen molar-refractivity contribution in [3.05, 3.63) is 95.6 Å². The maximum absolute atomic E-state index is 13.9. The van der Waals surface area contributed by atoms with Gasteiger partial charge in [-0.15, -0.1) is 0 Å². The van der Waals surface area contributed by atoms with E-state index in [1.54, 1.807) is 43.3 Å². The summed E-state index contributed by atoms with van der Waals surface area (Å²) in [6.45, 7) is 10.8. The Morgan fingerprint density at radius 1 is 0.842 bits per heavy atom. The molecule has 7 nitrogen and oxygen atoms in total. The standard InChI is InChI=1S/C30H37N3O4S/c1-22-12-16-26(17-13-22)33(38(36,37)27-18-14-23(2)15-19-27)21-28(34)32(20-25-10-8-7-9-11-25)24(3)29(35)31-30(4,5)6/h7-19,24H,20-21H2,1-6H3,(H,31,35)/t24-/m1/s1. The fourth-order valence-electron chi connectivity index (χ4n) is 3.91. The predicted molar refractivity (Wildman–Crippen MR) is 151 cm³/mol. The summed E-state index contributed by atoms with van der Waals surface area (Å²) in [7, 11) is -4.07. The minimum Gasteiger partial charge on any atom is -0.350 e. The van der Waals surface area contributed by atoms with Gasteiger partial charge in [0.05, 0.1) is 10.6 Å². The summed E-state index contributed by atoms with van der Waals surface area (Å²) in [5, 5.41) is 2.93. The monoisotopic (exact) mass is 535 g/mol. The molecule has 38 heavy (non-hydrogen) atoms. The number of rotatable bonds is 9. The minimum atomic E-state index is -4.07. The van der Waals surface area contributed by atoms with Crippen molar-refractivity contribution in [2.24, 2.45) is 0 Å². The smallest absolute Gasteiger partial charge is 0.264 e. The van der Waals surface area contributed by atoms with Gasteiger partial charge in [0, 0.05) is 12.1 Å². The van der Waals surface area contributed by atoms with Crippen molar-refractivity contribution in [3.8, 4) is 0 Å². The number of hydrogen-bond donors (Lipinski definition) is 1. The molecule has 1 atom stereocenters. The van der Waals surface area contributed by atoms with E-state index < -0.39 is 34.1 Å². The number of benzene rings is 3. The Morgan fingerprint density at radius 3 is 1.89 bits per heavy atom. The first-order chi connectivity index (χ1) is 17.8. The van der Waals surface area contributed by atoms with Crippen molar-refractivity contribution >= 4 is 27.5 Å². The highest BCUT2D eigenvalue weighted by Crippen LogP contribution is 2.25. The van der Waals surface area contributed by atoms with Gasteiger partial charge in [-0.1, -0.05) is 65.7 Å². The summed E-state index contributed by atoms with van der Waals surface area (Å²) >= 11 is 0. The molecule has 8 heteroatoms. The number of sulfonamides is 1. The molecule has 0 radical (unpaired) electrons. The van der Waals surface area contributed by atoms with E-state index in [-0.39, 0.29) is 17.3 Å². The van der Waals surface area contributed by atoms with Crippen LogP contribution in [0.3, 0.4) is 0 Å². The minimum absolute atomic E-state index is 0.0876. The lowest BCUT2D eigenvalue weighted by Crippen LogP contribution is -2.54. The summed E-state index contributed by atoms with van der Waals surface area (Å²) < 4.78 is 28.7. The Bertz CT molecular complexity index is 1350. The Balaban J connectivity index is 2.02. The summed E-state index contributed by atoms with van der Waals surface area (Å²) in [6, 6.07) is 22.0. The number of carbonyl (C=O) groups is 2. The largest absolute Gasteiger partial charge is 0.350 e. The number of nitrogens with zero attached hydrogens (tertiary/aromatic N) is 2. The molecular formula is C30H37N3O4S. The maximum atomic E-state index is 13.9. The molecule has 0 saturated heterocycles. The van der Waals surface area contributed by atoms with Crippen molar-refractivity contribution in [2.75, 3.05) is 10.8 Å². The van der Waals surface area contributed by atoms with Crippen molar-refractivity contribution in [1.29, 1.82) is 0 Å². The van der Waals surface area contributed by atoms with E-state index in [0.717, 1.165) is 21.0 Å². The van der Waals surface area contributed by atoms with Gasteiger partial charge in [-0.2, -0.15) is 0 Å². The van der Waals surface area contributed by atoms with E-state index >= 15 is 0 Å². The maximum Gasteiger partial charge on any atom is 0.264 e. The number of aryl methyl sites for hydroxylation is 2. The van der Waals surface area contributed by atoms with Crippen molar-refractivity contribution in [1.82, 2.24) is 10.2 Å². The van der Waals surface area contributed by atoms with E-state index in [1.807, 2.05) is 65.0 Å². The molecule has 0 saturated carbocycles. The third-order valence-corrected chi connectivity index (χ3v) is 7.86. The first-order valence-electron chi connectivity index (χ1n) is 12.6. The third kappa shape index (κ3) is 7.44. The highest BCUT2D eigenvalue weighted by Gasteiger charge is 2.33. The van der Waals surface area contributed by atoms with Crippen LogP contribution in [0, 0.1) is 13.8 Å². The summed E-state index contributed by atoms with van der Waals surface area (Å²) in [5.74, 6) is -0.799. The van der Waals surface area contributed by atoms with E-state index in [0.29, 0.717) is 5.69 Å². The molecule has 0 aliphatic heterocycles. The highest BCUT2D eigenvalue weighted by molar-refractivity contribution is 7.92. The Morgan fingerprint density at radius 2 is 1.37 bits per heavy atom. The molecule has 2 amide bonds. The SMILES string of the molecule is Cc1ccc(N(CC(=O)N(Cc2ccccc2)[C@H](C)C(=O)NC(C)(C)C)S(=O)(=O)c2ccc(C)cc2)cc1. The molecule has 0 fully saturated rings. The molecule has 0 aliphatic rings. The number of carbonyl (C=O) groups excluding carboxylic acids is 2. The topological polar surface area (TPSA) is 86.8 Å². The van der Waals surface area contributed by atoms with Crippen LogP contribution in [0.5, 0.6) is 0 Å². The van der Waals surface area contributed by atoms with Gasteiger partial charge in [-0.05, 0) is 71.4 Å². The lowest BCUT2D eigenvalue weighted by atomic mass is 10.1. The summed E-state index contributed by atoms with van der Waals surface area (Å²) in [6.07, 6.45) is 0. The van der Waals surface area contributed by atoms with Crippen LogP contribution in [0.15, 0.2) is 83.8 Å². The number of hydrogen-bond acceptors (Lipinski definition) is 4. The van der Waals surface area contributed by atoms with E-state index in [9.17, 15) is 18.0 Å². The second kappa shape index (κ2) is 11.8. The average molecular weight is 536 g/mol. The van der Waals surface area contributed by atoms with Crippen LogP contribution in [-0.2, 0) is 26.2 Å². The number of anilines is 1. The molecule has 0 aromatic heterocycles. The molecule has 1 N–H and O–H groups in total. The van der Waals surface area contributed by atoms with Gasteiger partial charge >= 0.3 is 0 Å². The normalized spacial score (nSPS) is 12.5. The van der Waals surface area contributed by atoms with Gasteiger partial charge in [0.2, 0.25) is 11.8 Å². The van der Waals surface area contributed by atoms with Crippen LogP contribution in [0.2, 0.25) is 0 Å². The van der Waals surface area contributed by atoms with E-state index in [2.05, 4.69) is 5.32 Å². The van der Waals surface area contributed by atoms with Crippen LogP contribution >= 0.6 is 0 Å². The molecule has 0 spiro atoms. The first-order valence-corrected chi connectivity index (χ1v) is 14.0. The molecule has 3 aromatic carbocycles. The summed E-state index contributed by atoms with van der Waals surface area (Å²) in [4.78, 5) is 28.5. The fraction of sp³-hybridized carbons (Fsp3) is 0.333. The van der Waals surface area contributed by atoms with Crippen LogP contribution < -0.4 is 9.62 Å². The Kier molecular flexibility index (Phi) is 8.99. The first kappa shape index (κ1) is 28.9. The third-order valence-electron chi connectivity index (χ3n) is 6.07. The quantitative estimate of drug-likeness (QED) is 0.425. The van der Waals surface area contributed by atoms with Crippen molar-refractivity contribution < 1.29 is 18.0 Å². The number of nitrogens with one attached hydrogen (secondary N) is 1. The van der Waals surface area contributed by atoms with Crippen molar-refractivity contribution in [2.45, 2.75) is 64.6 Å². The van der Waals surface area contributed by atoms with Crippen LogP contribution in [0.4, 0.5) is 5.69 Å². The molecule has 3 rings (SSSR count). The predicted octanol–water partition coefficient (Wildman–Crippen LogP) is 4.83.